The second-order valence-corrected chi connectivity index (χ2v) is 5.87. The number of nitrogens with zero attached hydrogens (tertiary/aromatic N) is 3. The Morgan fingerprint density at radius 2 is 2.08 bits per heavy atom. The molecule has 0 unspecified atom stereocenters. The normalized spacial score (nSPS) is 14.8. The molecule has 6 nitrogen and oxygen atoms in total. The molecular weight excluding hydrogens is 352 g/mol. The monoisotopic (exact) mass is 371 g/mol. The molecule has 1 aliphatic rings. The molecule has 3 rings (SSSR count). The van der Waals surface area contributed by atoms with E-state index in [4.69, 9.17) is 0 Å². The highest BCUT2D eigenvalue weighted by molar-refractivity contribution is 5.93. The first-order valence-electron chi connectivity index (χ1n) is 7.91. The van der Waals surface area contributed by atoms with E-state index < -0.39 is 17.5 Å². The molecule has 2 N–H and O–H groups in total. The molecule has 0 radical (unpaired) electrons. The van der Waals surface area contributed by atoms with Gasteiger partial charge in [0.25, 0.3) is 5.91 Å². The number of nitrogens with one attached hydrogen (secondary N) is 2. The van der Waals surface area contributed by atoms with E-state index in [9.17, 15) is 13.6 Å². The van der Waals surface area contributed by atoms with E-state index in [0.29, 0.717) is 5.69 Å². The van der Waals surface area contributed by atoms with Crippen LogP contribution in [0.4, 0.5) is 8.78 Å². The summed E-state index contributed by atoms with van der Waals surface area (Å²) in [6.07, 6.45) is 1.86. The second-order valence-electron chi connectivity index (χ2n) is 5.87. The van der Waals surface area contributed by atoms with Crippen molar-refractivity contribution in [2.45, 2.75) is 32.4 Å². The molecule has 1 saturated heterocycles. The first-order valence-corrected chi connectivity index (χ1v) is 7.91. The average Bonchev–Trinajstić information content (AvgIpc) is 2.98. The van der Waals surface area contributed by atoms with Gasteiger partial charge in [-0.1, -0.05) is 5.21 Å². The number of halogens is 3. The summed E-state index contributed by atoms with van der Waals surface area (Å²) in [5.74, 6) is -1.56. The number of hydrogen-bond acceptors (Lipinski definition) is 4. The van der Waals surface area contributed by atoms with E-state index in [-0.39, 0.29) is 36.3 Å². The Morgan fingerprint density at radius 3 is 2.80 bits per heavy atom. The van der Waals surface area contributed by atoms with Crippen LogP contribution in [-0.4, -0.2) is 34.0 Å². The van der Waals surface area contributed by atoms with Crippen LogP contribution in [0, 0.1) is 18.6 Å². The van der Waals surface area contributed by atoms with Gasteiger partial charge >= 0.3 is 0 Å². The molecule has 9 heteroatoms. The molecule has 1 fully saturated rings. The first-order chi connectivity index (χ1) is 11.6. The molecule has 1 aliphatic heterocycles. The first kappa shape index (κ1) is 19.3. The Labute approximate surface area is 150 Å². The van der Waals surface area contributed by atoms with E-state index in [1.807, 2.05) is 0 Å². The van der Waals surface area contributed by atoms with Crippen LogP contribution in [-0.2, 0) is 6.54 Å². The van der Waals surface area contributed by atoms with Crippen molar-refractivity contribution in [2.24, 2.45) is 0 Å². The predicted octanol–water partition coefficient (Wildman–Crippen LogP) is 2.14. The molecule has 0 atom stereocenters. The van der Waals surface area contributed by atoms with Crippen LogP contribution in [0.3, 0.4) is 0 Å². The summed E-state index contributed by atoms with van der Waals surface area (Å²) in [4.78, 5) is 12.3. The molecule has 0 spiro atoms. The number of carbonyl (C=O) groups excluding carboxylic acids is 1. The summed E-state index contributed by atoms with van der Waals surface area (Å²) < 4.78 is 28.5. The number of amides is 1. The number of carbonyl (C=O) groups is 1. The van der Waals surface area contributed by atoms with Crippen LogP contribution in [0.25, 0.3) is 0 Å². The Balaban J connectivity index is 0.00000225. The quantitative estimate of drug-likeness (QED) is 0.863. The van der Waals surface area contributed by atoms with Crippen molar-refractivity contribution in [1.82, 2.24) is 25.6 Å². The molecule has 25 heavy (non-hydrogen) atoms. The average molecular weight is 372 g/mol. The molecule has 1 amide bonds. The van der Waals surface area contributed by atoms with Gasteiger partial charge in [0.15, 0.2) is 5.69 Å². The maximum absolute atomic E-state index is 13.6. The number of benzene rings is 1. The number of rotatable bonds is 4. The van der Waals surface area contributed by atoms with Crippen LogP contribution in [0.1, 0.15) is 40.6 Å². The van der Waals surface area contributed by atoms with Gasteiger partial charge in [0, 0.05) is 12.1 Å². The molecular formula is C16H20ClF2N5O. The molecule has 2 heterocycles. The third kappa shape index (κ3) is 4.32. The molecule has 136 valence electrons. The lowest BCUT2D eigenvalue weighted by molar-refractivity contribution is 0.0944. The second kappa shape index (κ2) is 8.35. The Kier molecular flexibility index (Phi) is 6.44. The van der Waals surface area contributed by atoms with Gasteiger partial charge in [0.1, 0.15) is 11.6 Å². The third-order valence-electron chi connectivity index (χ3n) is 4.24. The van der Waals surface area contributed by atoms with Gasteiger partial charge in [-0.05, 0) is 51.1 Å². The Hall–Kier alpha value is -2.06. The largest absolute Gasteiger partial charge is 0.346 e. The van der Waals surface area contributed by atoms with Crippen LogP contribution in [0.15, 0.2) is 18.2 Å². The molecule has 0 saturated carbocycles. The maximum Gasteiger partial charge on any atom is 0.274 e. The van der Waals surface area contributed by atoms with Gasteiger partial charge in [0.2, 0.25) is 0 Å². The van der Waals surface area contributed by atoms with Crippen LogP contribution in [0.5, 0.6) is 0 Å². The fourth-order valence-electron chi connectivity index (χ4n) is 2.89. The van der Waals surface area contributed by atoms with Gasteiger partial charge in [-0.3, -0.25) is 4.79 Å². The predicted molar refractivity (Wildman–Crippen MR) is 90.7 cm³/mol. The minimum Gasteiger partial charge on any atom is -0.346 e. The topological polar surface area (TPSA) is 71.8 Å². The fourth-order valence-corrected chi connectivity index (χ4v) is 2.89. The van der Waals surface area contributed by atoms with Crippen molar-refractivity contribution in [2.75, 3.05) is 13.1 Å². The zero-order valence-corrected chi connectivity index (χ0v) is 14.6. The van der Waals surface area contributed by atoms with Crippen molar-refractivity contribution >= 4 is 18.3 Å². The Bertz CT molecular complexity index is 746. The van der Waals surface area contributed by atoms with E-state index in [2.05, 4.69) is 20.9 Å². The molecule has 0 bridgehead atoms. The fraction of sp³-hybridized carbons (Fsp3) is 0.438. The van der Waals surface area contributed by atoms with Crippen LogP contribution in [0.2, 0.25) is 0 Å². The van der Waals surface area contributed by atoms with Crippen molar-refractivity contribution in [1.29, 1.82) is 0 Å². The van der Waals surface area contributed by atoms with Gasteiger partial charge < -0.3 is 10.6 Å². The summed E-state index contributed by atoms with van der Waals surface area (Å²) in [6, 6.07) is 3.36. The summed E-state index contributed by atoms with van der Waals surface area (Å²) in [6.45, 7) is 3.50. The van der Waals surface area contributed by atoms with E-state index in [1.54, 1.807) is 11.6 Å². The number of hydrogen-bond donors (Lipinski definition) is 2. The van der Waals surface area contributed by atoms with E-state index in [1.165, 1.54) is 0 Å². The third-order valence-corrected chi connectivity index (χ3v) is 4.24. The van der Waals surface area contributed by atoms with Gasteiger partial charge in [0.05, 0.1) is 11.7 Å². The van der Waals surface area contributed by atoms with Crippen molar-refractivity contribution in [3.05, 3.63) is 46.8 Å². The number of aromatic nitrogens is 3. The zero-order valence-electron chi connectivity index (χ0n) is 13.8. The van der Waals surface area contributed by atoms with Gasteiger partial charge in [-0.2, -0.15) is 0 Å². The number of piperidine rings is 1. The van der Waals surface area contributed by atoms with E-state index in [0.717, 1.165) is 44.1 Å². The summed E-state index contributed by atoms with van der Waals surface area (Å²) in [5.41, 5.74) is 0.983. The summed E-state index contributed by atoms with van der Waals surface area (Å²) >= 11 is 0. The highest BCUT2D eigenvalue weighted by Gasteiger charge is 2.22. The summed E-state index contributed by atoms with van der Waals surface area (Å²) in [7, 11) is 0. The van der Waals surface area contributed by atoms with Gasteiger partial charge in [-0.15, -0.1) is 17.5 Å². The van der Waals surface area contributed by atoms with Crippen LogP contribution >= 0.6 is 12.4 Å². The standard InChI is InChI=1S/C16H19F2N5O.ClH/c1-10-15(21-22-23(10)13-4-6-19-7-5-13)16(24)20-9-11-8-12(17)2-3-14(11)18;/h2-3,8,13,19H,4-7,9H2,1H3,(H,20,24);1H. The lowest BCUT2D eigenvalue weighted by Gasteiger charge is -2.23. The molecule has 1 aromatic carbocycles. The highest BCUT2D eigenvalue weighted by atomic mass is 35.5. The zero-order chi connectivity index (χ0) is 17.1. The maximum atomic E-state index is 13.6. The molecule has 2 aromatic rings. The SMILES string of the molecule is Cc1c(C(=O)NCc2cc(F)ccc2F)nnn1C1CCNCC1.Cl. The molecule has 0 aliphatic carbocycles. The van der Waals surface area contributed by atoms with E-state index >= 15 is 0 Å². The lowest BCUT2D eigenvalue weighted by atomic mass is 10.1. The minimum atomic E-state index is -0.563. The summed E-state index contributed by atoms with van der Waals surface area (Å²) in [5, 5.41) is 13.9. The molecule has 1 aromatic heterocycles. The Morgan fingerprint density at radius 1 is 1.36 bits per heavy atom. The minimum absolute atomic E-state index is 0. The lowest BCUT2D eigenvalue weighted by Crippen LogP contribution is -2.30. The van der Waals surface area contributed by atoms with Crippen molar-refractivity contribution in [3.8, 4) is 0 Å². The highest BCUT2D eigenvalue weighted by Crippen LogP contribution is 2.20. The van der Waals surface area contributed by atoms with Crippen molar-refractivity contribution in [3.63, 3.8) is 0 Å². The smallest absolute Gasteiger partial charge is 0.274 e. The van der Waals surface area contributed by atoms with Gasteiger partial charge in [-0.25, -0.2) is 13.5 Å². The van der Waals surface area contributed by atoms with Crippen molar-refractivity contribution < 1.29 is 13.6 Å². The van der Waals surface area contributed by atoms with Crippen LogP contribution < -0.4 is 10.6 Å².